The van der Waals surface area contributed by atoms with Crippen molar-refractivity contribution in [2.24, 2.45) is 0 Å². The van der Waals surface area contributed by atoms with E-state index in [1.807, 2.05) is 26.4 Å². The van der Waals surface area contributed by atoms with Crippen LogP contribution in [0.3, 0.4) is 0 Å². The smallest absolute Gasteiger partial charge is 0.236 e. The van der Waals surface area contributed by atoms with Crippen LogP contribution in [0.4, 0.5) is 17.6 Å². The summed E-state index contributed by atoms with van der Waals surface area (Å²) >= 11 is 0. The number of aromatic nitrogens is 3. The van der Waals surface area contributed by atoms with E-state index in [0.29, 0.717) is 25.6 Å². The van der Waals surface area contributed by atoms with E-state index in [1.54, 1.807) is 4.90 Å². The molecule has 0 radical (unpaired) electrons. The topological polar surface area (TPSA) is 98.8 Å². The molecule has 10 nitrogen and oxygen atoms in total. The van der Waals surface area contributed by atoms with Gasteiger partial charge in [-0.1, -0.05) is 25.1 Å². The quantitative estimate of drug-likeness (QED) is 0.569. The summed E-state index contributed by atoms with van der Waals surface area (Å²) in [6.45, 7) is 10.0. The van der Waals surface area contributed by atoms with Crippen LogP contribution < -0.4 is 15.5 Å². The van der Waals surface area contributed by atoms with E-state index >= 15 is 0 Å². The van der Waals surface area contributed by atoms with Gasteiger partial charge in [-0.25, -0.2) is 9.97 Å². The number of amides is 1. The Morgan fingerprint density at radius 2 is 2.02 bits per heavy atom. The number of hydrogen-bond donors (Lipinski definition) is 2. The van der Waals surface area contributed by atoms with E-state index in [4.69, 9.17) is 19.7 Å². The Balaban J connectivity index is 1.27. The van der Waals surface area contributed by atoms with Crippen molar-refractivity contribution in [2.75, 3.05) is 50.6 Å². The van der Waals surface area contributed by atoms with Crippen LogP contribution in [-0.4, -0.2) is 88.7 Å². The average molecular weight is 545 g/mol. The normalized spacial score (nSPS) is 27.8. The predicted octanol–water partition coefficient (Wildman–Crippen LogP) is 2.97. The van der Waals surface area contributed by atoms with E-state index in [-0.39, 0.29) is 29.0 Å². The minimum Gasteiger partial charge on any atom is -0.374 e. The monoisotopic (exact) mass is 544 g/mol. The van der Waals surface area contributed by atoms with E-state index in [0.717, 1.165) is 54.5 Å². The summed E-state index contributed by atoms with van der Waals surface area (Å²) in [7, 11) is 3.80. The van der Waals surface area contributed by atoms with Crippen molar-refractivity contribution in [3.8, 4) is 0 Å². The lowest BCUT2D eigenvalue weighted by molar-refractivity contribution is -0.135. The summed E-state index contributed by atoms with van der Waals surface area (Å²) in [5.41, 5.74) is 2.55. The van der Waals surface area contributed by atoms with Crippen LogP contribution in [0.25, 0.3) is 0 Å². The Hall–Kier alpha value is -3.34. The third-order valence-electron chi connectivity index (χ3n) is 8.79. The van der Waals surface area contributed by atoms with Gasteiger partial charge in [0.15, 0.2) is 0 Å². The maximum atomic E-state index is 12.2. The molecule has 3 atom stereocenters. The molecule has 3 aliphatic heterocycles. The van der Waals surface area contributed by atoms with Gasteiger partial charge in [0.1, 0.15) is 11.6 Å². The van der Waals surface area contributed by atoms with Gasteiger partial charge in [-0.3, -0.25) is 9.69 Å². The van der Waals surface area contributed by atoms with Crippen LogP contribution in [0.1, 0.15) is 44.9 Å². The number of rotatable bonds is 6. The first-order valence-corrected chi connectivity index (χ1v) is 14.2. The molecule has 0 spiro atoms. The van der Waals surface area contributed by atoms with Gasteiger partial charge >= 0.3 is 0 Å². The molecule has 2 saturated heterocycles. The molecule has 0 saturated carbocycles. The summed E-state index contributed by atoms with van der Waals surface area (Å²) in [5.74, 6) is 2.51. The highest BCUT2D eigenvalue weighted by molar-refractivity contribution is 5.78. The molecule has 2 fully saturated rings. The Bertz CT molecular complexity index is 1360. The van der Waals surface area contributed by atoms with Crippen LogP contribution >= 0.6 is 0 Å². The van der Waals surface area contributed by atoms with Gasteiger partial charge in [0.2, 0.25) is 11.9 Å². The zero-order chi connectivity index (χ0) is 28.1. The van der Waals surface area contributed by atoms with Crippen LogP contribution in [0, 0.1) is 0 Å². The second-order valence-corrected chi connectivity index (χ2v) is 12.2. The number of nitrogens with zero attached hydrogens (tertiary/aromatic N) is 6. The molecule has 2 N–H and O–H groups in total. The lowest BCUT2D eigenvalue weighted by Crippen LogP contribution is -2.54. The number of carbonyl (C=O) groups excluding carboxylic acids is 1. The van der Waals surface area contributed by atoms with Crippen LogP contribution in [-0.2, 0) is 21.5 Å². The van der Waals surface area contributed by atoms with Gasteiger partial charge in [-0.15, -0.1) is 0 Å². The predicted molar refractivity (Wildman–Crippen MR) is 155 cm³/mol. The fourth-order valence-electron chi connectivity index (χ4n) is 6.30. The Morgan fingerprint density at radius 1 is 1.18 bits per heavy atom. The van der Waals surface area contributed by atoms with Crippen LogP contribution in [0.5, 0.6) is 0 Å². The molecule has 0 aromatic carbocycles. The lowest BCUT2D eigenvalue weighted by Gasteiger charge is -2.46. The Morgan fingerprint density at radius 3 is 2.77 bits per heavy atom. The maximum absolute atomic E-state index is 12.2. The molecule has 212 valence electrons. The lowest BCUT2D eigenvalue weighted by atomic mass is 9.73. The molecule has 1 amide bonds. The molecule has 40 heavy (non-hydrogen) atoms. The average Bonchev–Trinajstić information content (AvgIpc) is 3.18. The van der Waals surface area contributed by atoms with Gasteiger partial charge in [-0.2, -0.15) is 4.98 Å². The van der Waals surface area contributed by atoms with Crippen molar-refractivity contribution in [3.63, 3.8) is 0 Å². The Kier molecular flexibility index (Phi) is 6.88. The third-order valence-corrected chi connectivity index (χ3v) is 8.79. The molecule has 4 aliphatic rings. The van der Waals surface area contributed by atoms with Crippen molar-refractivity contribution in [1.29, 1.82) is 0 Å². The van der Waals surface area contributed by atoms with Crippen molar-refractivity contribution in [1.82, 2.24) is 30.1 Å². The maximum Gasteiger partial charge on any atom is 0.236 e. The van der Waals surface area contributed by atoms with E-state index < -0.39 is 0 Å². The molecule has 6 rings (SSSR count). The molecule has 1 aliphatic carbocycles. The fraction of sp³-hybridized carbons (Fsp3) is 0.533. The SMILES string of the molecule is CNCc1cccc(N2c3nc(NC4=CCC(N5CCN(C)C(=O)C5)C=C4)ncc3[C@]3(C)COC(C)(C)C[C@H]23)n1. The zero-order valence-electron chi connectivity index (χ0n) is 24.1. The van der Waals surface area contributed by atoms with Crippen LogP contribution in [0.2, 0.25) is 0 Å². The summed E-state index contributed by atoms with van der Waals surface area (Å²) in [5, 5.41) is 6.64. The van der Waals surface area contributed by atoms with E-state index in [1.165, 1.54) is 0 Å². The fourth-order valence-corrected chi connectivity index (χ4v) is 6.30. The highest BCUT2D eigenvalue weighted by Crippen LogP contribution is 2.52. The summed E-state index contributed by atoms with van der Waals surface area (Å²) in [4.78, 5) is 33.4. The molecule has 0 bridgehead atoms. The molecule has 1 unspecified atom stereocenters. The minimum absolute atomic E-state index is 0.147. The van der Waals surface area contributed by atoms with Crippen LogP contribution in [0.15, 0.2) is 48.3 Å². The molecule has 10 heteroatoms. The number of likely N-dealkylation sites (N-methyl/N-ethyl adjacent to an activating group) is 1. The standard InChI is InChI=1S/C30H40N8O2/c1-29(2)15-24-30(3,19-40-29)23-17-32-28(35-27(23)38(24)25-8-6-7-21(33-25)16-31-4)34-20-9-11-22(12-10-20)37-14-13-36(5)26(39)18-37/h6-11,17,22,24,31H,12-16,18-19H2,1-5H3,(H,32,34,35)/t22?,24-,30-/m0/s1. The number of anilines is 3. The number of pyridine rings is 1. The first-order valence-electron chi connectivity index (χ1n) is 14.2. The summed E-state index contributed by atoms with van der Waals surface area (Å²) < 4.78 is 6.34. The number of piperazine rings is 1. The van der Waals surface area contributed by atoms with Crippen molar-refractivity contribution < 1.29 is 9.53 Å². The second kappa shape index (κ2) is 10.2. The largest absolute Gasteiger partial charge is 0.374 e. The van der Waals surface area contributed by atoms with E-state index in [2.05, 4.69) is 71.6 Å². The van der Waals surface area contributed by atoms with Gasteiger partial charge in [-0.05, 0) is 51.9 Å². The molecule has 5 heterocycles. The number of ether oxygens (including phenoxy) is 1. The first-order chi connectivity index (χ1) is 19.2. The van der Waals surface area contributed by atoms with Gasteiger partial charge < -0.3 is 25.2 Å². The minimum atomic E-state index is -0.249. The number of allylic oxidation sites excluding steroid dienone is 1. The third kappa shape index (κ3) is 4.88. The first kappa shape index (κ1) is 26.9. The summed E-state index contributed by atoms with van der Waals surface area (Å²) in [6.07, 6.45) is 10.1. The van der Waals surface area contributed by atoms with Gasteiger partial charge in [0.05, 0.1) is 30.5 Å². The molecular weight excluding hydrogens is 504 g/mol. The second-order valence-electron chi connectivity index (χ2n) is 12.2. The number of nitrogens with one attached hydrogen (secondary N) is 2. The highest BCUT2D eigenvalue weighted by Gasteiger charge is 2.55. The van der Waals surface area contributed by atoms with Gasteiger partial charge in [0, 0.05) is 55.6 Å². The molecule has 2 aromatic heterocycles. The molecular formula is C30H40N8O2. The Labute approximate surface area is 236 Å². The van der Waals surface area contributed by atoms with E-state index in [9.17, 15) is 4.79 Å². The molecule has 2 aromatic rings. The number of fused-ring (bicyclic) bond motifs is 3. The highest BCUT2D eigenvalue weighted by atomic mass is 16.5. The van der Waals surface area contributed by atoms with Gasteiger partial charge in [0.25, 0.3) is 0 Å². The summed E-state index contributed by atoms with van der Waals surface area (Å²) in [6, 6.07) is 6.56. The van der Waals surface area contributed by atoms with Crippen molar-refractivity contribution in [2.45, 2.75) is 63.3 Å². The van der Waals surface area contributed by atoms with Crippen molar-refractivity contribution in [3.05, 3.63) is 59.6 Å². The zero-order valence-corrected chi connectivity index (χ0v) is 24.1. The van der Waals surface area contributed by atoms with Crippen molar-refractivity contribution >= 4 is 23.5 Å². The number of carbonyl (C=O) groups is 1. The number of hydrogen-bond acceptors (Lipinski definition) is 9.